The monoisotopic (exact) mass is 228 g/mol. The van der Waals surface area contributed by atoms with E-state index in [4.69, 9.17) is 5.73 Å². The van der Waals surface area contributed by atoms with Gasteiger partial charge in [-0.25, -0.2) is 0 Å². The highest BCUT2D eigenvalue weighted by atomic mass is 32.1. The molecule has 1 aromatic rings. The Balaban J connectivity index is 2.57. The van der Waals surface area contributed by atoms with Crippen LogP contribution in [0.1, 0.15) is 0 Å². The lowest BCUT2D eigenvalue weighted by atomic mass is 10.5. The number of aryl methyl sites for hydroxylation is 1. The van der Waals surface area contributed by atoms with Crippen LogP contribution in [0, 0.1) is 0 Å². The molecule has 0 saturated carbocycles. The van der Waals surface area contributed by atoms with E-state index in [2.05, 4.69) is 10.3 Å². The highest BCUT2D eigenvalue weighted by Gasteiger charge is 2.02. The third-order valence-corrected chi connectivity index (χ3v) is 2.45. The van der Waals surface area contributed by atoms with Crippen molar-refractivity contribution in [1.82, 2.24) is 9.88 Å². The molecule has 0 atom stereocenters. The topological polar surface area (TPSA) is 89.5 Å². The molecule has 0 bridgehead atoms. The number of nitrogens with zero attached hydrogens (tertiary/aromatic N) is 2. The van der Waals surface area contributed by atoms with Crippen LogP contribution in [0.3, 0.4) is 0 Å². The zero-order chi connectivity index (χ0) is 11.3. The predicted octanol–water partition coefficient (Wildman–Crippen LogP) is -1.41. The molecule has 0 aromatic carbocycles. The second kappa shape index (κ2) is 5.42. The number of thiazole rings is 1. The van der Waals surface area contributed by atoms with E-state index in [-0.39, 0.29) is 19.0 Å². The standard InChI is InChI=1S/C8H12N4O2S/c1-12-2-3-15-8(12)11-7(14)5-10-6(13)4-9/h2-3H,4-5,9H2,1H3,(H,10,13). The summed E-state index contributed by atoms with van der Waals surface area (Å²) in [6.45, 7) is -0.242. The molecule has 0 saturated heterocycles. The average Bonchev–Trinajstić information content (AvgIpc) is 2.61. The minimum atomic E-state index is -0.394. The first kappa shape index (κ1) is 11.6. The van der Waals surface area contributed by atoms with Gasteiger partial charge in [0.15, 0.2) is 4.80 Å². The third-order valence-electron chi connectivity index (χ3n) is 1.60. The van der Waals surface area contributed by atoms with Gasteiger partial charge >= 0.3 is 0 Å². The SMILES string of the molecule is Cn1ccsc1=NC(=O)CNC(=O)CN. The number of rotatable bonds is 3. The van der Waals surface area contributed by atoms with Gasteiger partial charge in [0.25, 0.3) is 5.91 Å². The molecule has 0 unspecified atom stereocenters. The number of hydrogen-bond acceptors (Lipinski definition) is 4. The maximum atomic E-state index is 11.3. The van der Waals surface area contributed by atoms with Gasteiger partial charge in [-0.05, 0) is 0 Å². The number of carbonyl (C=O) groups is 2. The molecule has 7 heteroatoms. The van der Waals surface area contributed by atoms with Crippen molar-refractivity contribution in [2.45, 2.75) is 0 Å². The van der Waals surface area contributed by atoms with Gasteiger partial charge in [0.05, 0.1) is 13.1 Å². The molecule has 0 aliphatic heterocycles. The molecule has 15 heavy (non-hydrogen) atoms. The Morgan fingerprint density at radius 2 is 2.40 bits per heavy atom. The summed E-state index contributed by atoms with van der Waals surface area (Å²) in [6, 6.07) is 0. The van der Waals surface area contributed by atoms with E-state index in [1.807, 2.05) is 5.38 Å². The van der Waals surface area contributed by atoms with E-state index in [1.165, 1.54) is 11.3 Å². The normalized spacial score (nSPS) is 11.5. The lowest BCUT2D eigenvalue weighted by Gasteiger charge is -1.98. The van der Waals surface area contributed by atoms with Crippen molar-refractivity contribution in [3.05, 3.63) is 16.4 Å². The Kier molecular flexibility index (Phi) is 4.19. The van der Waals surface area contributed by atoms with Crippen molar-refractivity contribution in [1.29, 1.82) is 0 Å². The zero-order valence-corrected chi connectivity index (χ0v) is 9.08. The van der Waals surface area contributed by atoms with E-state index >= 15 is 0 Å². The van der Waals surface area contributed by atoms with Crippen LogP contribution in [0.5, 0.6) is 0 Å². The van der Waals surface area contributed by atoms with E-state index < -0.39 is 5.91 Å². The number of carbonyl (C=O) groups excluding carboxylic acids is 2. The zero-order valence-electron chi connectivity index (χ0n) is 8.27. The highest BCUT2D eigenvalue weighted by molar-refractivity contribution is 7.07. The lowest BCUT2D eigenvalue weighted by molar-refractivity contribution is -0.123. The lowest BCUT2D eigenvalue weighted by Crippen LogP contribution is -2.34. The van der Waals surface area contributed by atoms with Crippen molar-refractivity contribution >= 4 is 23.2 Å². The van der Waals surface area contributed by atoms with E-state index in [0.29, 0.717) is 4.80 Å². The second-order valence-electron chi connectivity index (χ2n) is 2.78. The van der Waals surface area contributed by atoms with Crippen LogP contribution in [0.2, 0.25) is 0 Å². The predicted molar refractivity (Wildman–Crippen MR) is 55.9 cm³/mol. The van der Waals surface area contributed by atoms with Gasteiger partial charge in [-0.2, -0.15) is 4.99 Å². The third kappa shape index (κ3) is 3.64. The number of amides is 2. The second-order valence-corrected chi connectivity index (χ2v) is 3.66. The molecule has 0 aliphatic rings. The largest absolute Gasteiger partial charge is 0.346 e. The van der Waals surface area contributed by atoms with Gasteiger partial charge in [0.2, 0.25) is 5.91 Å². The molecule has 1 heterocycles. The Hall–Kier alpha value is -1.47. The highest BCUT2D eigenvalue weighted by Crippen LogP contribution is 1.86. The molecule has 2 amide bonds. The fraction of sp³-hybridized carbons (Fsp3) is 0.375. The fourth-order valence-electron chi connectivity index (χ4n) is 0.827. The van der Waals surface area contributed by atoms with E-state index in [1.54, 1.807) is 17.8 Å². The molecule has 3 N–H and O–H groups in total. The smallest absolute Gasteiger partial charge is 0.267 e. The molecule has 6 nitrogen and oxygen atoms in total. The number of nitrogens with two attached hydrogens (primary N) is 1. The van der Waals surface area contributed by atoms with Gasteiger partial charge in [-0.1, -0.05) is 0 Å². The molecule has 0 spiro atoms. The minimum Gasteiger partial charge on any atom is -0.346 e. The molecular weight excluding hydrogens is 216 g/mol. The summed E-state index contributed by atoms with van der Waals surface area (Å²) in [5, 5.41) is 4.18. The van der Waals surface area contributed by atoms with E-state index in [9.17, 15) is 9.59 Å². The van der Waals surface area contributed by atoms with Gasteiger partial charge in [0, 0.05) is 18.6 Å². The van der Waals surface area contributed by atoms with Crippen molar-refractivity contribution < 1.29 is 9.59 Å². The Morgan fingerprint density at radius 1 is 1.67 bits per heavy atom. The number of aromatic nitrogens is 1. The van der Waals surface area contributed by atoms with Gasteiger partial charge in [-0.3, -0.25) is 9.59 Å². The van der Waals surface area contributed by atoms with Crippen LogP contribution in [-0.2, 0) is 16.6 Å². The van der Waals surface area contributed by atoms with Gasteiger partial charge < -0.3 is 15.6 Å². The summed E-state index contributed by atoms with van der Waals surface area (Å²) in [5.74, 6) is -0.760. The van der Waals surface area contributed by atoms with Crippen LogP contribution < -0.4 is 15.9 Å². The molecule has 0 aliphatic carbocycles. The van der Waals surface area contributed by atoms with Crippen LogP contribution in [0.4, 0.5) is 0 Å². The van der Waals surface area contributed by atoms with Gasteiger partial charge in [-0.15, -0.1) is 11.3 Å². The molecule has 0 fully saturated rings. The van der Waals surface area contributed by atoms with E-state index in [0.717, 1.165) is 0 Å². The van der Waals surface area contributed by atoms with Crippen LogP contribution >= 0.6 is 11.3 Å². The molecule has 1 aromatic heterocycles. The number of hydrogen-bond donors (Lipinski definition) is 2. The summed E-state index contributed by atoms with van der Waals surface area (Å²) in [7, 11) is 1.79. The molecule has 0 radical (unpaired) electrons. The Labute approximate surface area is 90.4 Å². The van der Waals surface area contributed by atoms with Crippen molar-refractivity contribution in [2.24, 2.45) is 17.8 Å². The Morgan fingerprint density at radius 3 is 2.93 bits per heavy atom. The Bertz CT molecular complexity index is 420. The van der Waals surface area contributed by atoms with Gasteiger partial charge in [0.1, 0.15) is 0 Å². The molecule has 82 valence electrons. The first-order chi connectivity index (χ1) is 7.13. The van der Waals surface area contributed by atoms with Crippen LogP contribution in [0.25, 0.3) is 0 Å². The van der Waals surface area contributed by atoms with Crippen molar-refractivity contribution in [3.8, 4) is 0 Å². The number of nitrogens with one attached hydrogen (secondary N) is 1. The minimum absolute atomic E-state index is 0.117. The maximum absolute atomic E-state index is 11.3. The average molecular weight is 228 g/mol. The van der Waals surface area contributed by atoms with Crippen molar-refractivity contribution in [3.63, 3.8) is 0 Å². The molecule has 1 rings (SSSR count). The fourth-order valence-corrected chi connectivity index (χ4v) is 1.57. The maximum Gasteiger partial charge on any atom is 0.267 e. The van der Waals surface area contributed by atoms with Crippen molar-refractivity contribution in [2.75, 3.05) is 13.1 Å². The summed E-state index contributed by atoms with van der Waals surface area (Å²) < 4.78 is 1.73. The summed E-state index contributed by atoms with van der Waals surface area (Å²) >= 11 is 1.36. The molecular formula is C8H12N4O2S. The first-order valence-electron chi connectivity index (χ1n) is 4.28. The van der Waals surface area contributed by atoms with Crippen LogP contribution in [-0.4, -0.2) is 29.5 Å². The summed E-state index contributed by atoms with van der Waals surface area (Å²) in [6.07, 6.45) is 1.80. The quantitative estimate of drug-likeness (QED) is 0.666. The van der Waals surface area contributed by atoms with Crippen LogP contribution in [0.15, 0.2) is 16.6 Å². The first-order valence-corrected chi connectivity index (χ1v) is 5.16. The summed E-state index contributed by atoms with van der Waals surface area (Å²) in [5.41, 5.74) is 5.06. The summed E-state index contributed by atoms with van der Waals surface area (Å²) in [4.78, 5) is 26.4.